The van der Waals surface area contributed by atoms with Crippen LogP contribution in [0.25, 0.3) is 0 Å². The maximum atomic E-state index is 7.97. The lowest BCUT2D eigenvalue weighted by atomic mass is 10.2. The number of nitrogens with zero attached hydrogens (tertiary/aromatic N) is 1. The maximum absolute atomic E-state index is 7.97. The Hall–Kier alpha value is -0.750. The van der Waals surface area contributed by atoms with Crippen LogP contribution in [0, 0.1) is 6.92 Å². The molecule has 0 unspecified atom stereocenters. The van der Waals surface area contributed by atoms with Gasteiger partial charge in [-0.05, 0) is 32.4 Å². The standard InChI is InChI=1S/C12H19NO3S/c1-3-13(9-4-10-17-16-15-14)12-7-5-11(2)6-8-12/h5-8,14H,3-4,9-10H2,1-2H3. The SMILES string of the molecule is CCN(CCCSOOO)c1ccc(C)cc1. The molecule has 5 heteroatoms. The van der Waals surface area contributed by atoms with Crippen molar-refractivity contribution in [1.29, 1.82) is 0 Å². The lowest BCUT2D eigenvalue weighted by Crippen LogP contribution is -2.24. The molecule has 0 fully saturated rings. The van der Waals surface area contributed by atoms with E-state index in [4.69, 9.17) is 5.26 Å². The molecule has 0 aromatic heterocycles. The molecular formula is C12H19NO3S. The highest BCUT2D eigenvalue weighted by atomic mass is 32.2. The molecule has 1 rings (SSSR count). The molecule has 1 aromatic carbocycles. The van der Waals surface area contributed by atoms with Crippen LogP contribution in [-0.2, 0) is 9.37 Å². The van der Waals surface area contributed by atoms with Crippen molar-refractivity contribution in [2.75, 3.05) is 23.7 Å². The summed E-state index contributed by atoms with van der Waals surface area (Å²) in [6.45, 7) is 6.16. The van der Waals surface area contributed by atoms with Crippen molar-refractivity contribution in [2.45, 2.75) is 20.3 Å². The molecule has 0 bridgehead atoms. The molecule has 0 spiro atoms. The second-order valence-corrected chi connectivity index (χ2v) is 4.51. The first-order chi connectivity index (χ1) is 8.27. The molecular weight excluding hydrogens is 238 g/mol. The lowest BCUT2D eigenvalue weighted by Gasteiger charge is -2.23. The smallest absolute Gasteiger partial charge is 0.0366 e. The Morgan fingerprint density at radius 3 is 2.59 bits per heavy atom. The Balaban J connectivity index is 2.35. The van der Waals surface area contributed by atoms with E-state index in [1.54, 1.807) is 0 Å². The third-order valence-electron chi connectivity index (χ3n) is 2.52. The minimum absolute atomic E-state index is 0.781. The molecule has 0 radical (unpaired) electrons. The van der Waals surface area contributed by atoms with Crippen LogP contribution < -0.4 is 4.90 Å². The molecule has 0 atom stereocenters. The third kappa shape index (κ3) is 5.41. The first-order valence-corrected chi connectivity index (χ1v) is 6.60. The summed E-state index contributed by atoms with van der Waals surface area (Å²) in [6.07, 6.45) is 0.968. The minimum atomic E-state index is 0.781. The number of anilines is 1. The molecule has 1 aromatic rings. The largest absolute Gasteiger partial charge is 0.372 e. The highest BCUT2D eigenvalue weighted by Gasteiger charge is 2.03. The first-order valence-electron chi connectivity index (χ1n) is 5.69. The van der Waals surface area contributed by atoms with Gasteiger partial charge in [0.1, 0.15) is 0 Å². The zero-order valence-electron chi connectivity index (χ0n) is 10.3. The van der Waals surface area contributed by atoms with Crippen LogP contribution in [0.1, 0.15) is 18.9 Å². The van der Waals surface area contributed by atoms with Gasteiger partial charge in [-0.2, -0.15) is 0 Å². The van der Waals surface area contributed by atoms with Gasteiger partial charge in [0.2, 0.25) is 0 Å². The van der Waals surface area contributed by atoms with Crippen LogP contribution in [0.3, 0.4) is 0 Å². The third-order valence-corrected chi connectivity index (χ3v) is 3.13. The van der Waals surface area contributed by atoms with Gasteiger partial charge < -0.3 is 4.90 Å². The quantitative estimate of drug-likeness (QED) is 0.335. The molecule has 0 aliphatic heterocycles. The molecule has 0 amide bonds. The highest BCUT2D eigenvalue weighted by Crippen LogP contribution is 2.15. The van der Waals surface area contributed by atoms with Crippen LogP contribution in [0.4, 0.5) is 5.69 Å². The molecule has 0 saturated carbocycles. The molecule has 17 heavy (non-hydrogen) atoms. The summed E-state index contributed by atoms with van der Waals surface area (Å²) in [7, 11) is 0. The Morgan fingerprint density at radius 1 is 1.29 bits per heavy atom. The summed E-state index contributed by atoms with van der Waals surface area (Å²) in [5.41, 5.74) is 2.51. The van der Waals surface area contributed by atoms with Crippen LogP contribution in [0.5, 0.6) is 0 Å². The van der Waals surface area contributed by atoms with E-state index in [0.29, 0.717) is 0 Å². The molecule has 96 valence electrons. The van der Waals surface area contributed by atoms with E-state index in [1.807, 2.05) is 0 Å². The van der Waals surface area contributed by atoms with E-state index in [2.05, 4.69) is 52.4 Å². The maximum Gasteiger partial charge on any atom is 0.0366 e. The van der Waals surface area contributed by atoms with Gasteiger partial charge in [-0.15, -0.1) is 4.33 Å². The average molecular weight is 257 g/mol. The van der Waals surface area contributed by atoms with Crippen LogP contribution >= 0.6 is 12.0 Å². The Labute approximate surface area is 107 Å². The summed E-state index contributed by atoms with van der Waals surface area (Å²) in [5.74, 6) is 0.781. The van der Waals surface area contributed by atoms with Gasteiger partial charge >= 0.3 is 0 Å². The zero-order valence-corrected chi connectivity index (χ0v) is 11.1. The van der Waals surface area contributed by atoms with Gasteiger partial charge in [0.25, 0.3) is 0 Å². The number of rotatable bonds is 8. The average Bonchev–Trinajstić information content (AvgIpc) is 2.35. The van der Waals surface area contributed by atoms with Crippen LogP contribution in [-0.4, -0.2) is 24.1 Å². The topological polar surface area (TPSA) is 41.9 Å². The molecule has 4 nitrogen and oxygen atoms in total. The van der Waals surface area contributed by atoms with Crippen LogP contribution in [0.2, 0.25) is 0 Å². The molecule has 0 aliphatic rings. The van der Waals surface area contributed by atoms with Gasteiger partial charge in [-0.25, -0.2) is 5.26 Å². The first kappa shape index (κ1) is 14.3. The lowest BCUT2D eigenvalue weighted by molar-refractivity contribution is -0.432. The summed E-state index contributed by atoms with van der Waals surface area (Å²) >= 11 is 1.10. The minimum Gasteiger partial charge on any atom is -0.372 e. The van der Waals surface area contributed by atoms with Gasteiger partial charge in [0.15, 0.2) is 0 Å². The van der Waals surface area contributed by atoms with Crippen molar-refractivity contribution in [3.8, 4) is 0 Å². The van der Waals surface area contributed by atoms with Gasteiger partial charge in [0.05, 0.1) is 0 Å². The fourth-order valence-electron chi connectivity index (χ4n) is 1.60. The fourth-order valence-corrected chi connectivity index (χ4v) is 1.95. The van der Waals surface area contributed by atoms with E-state index in [9.17, 15) is 0 Å². The van der Waals surface area contributed by atoms with Crippen molar-refractivity contribution >= 4 is 17.7 Å². The number of benzene rings is 1. The predicted molar refractivity (Wildman–Crippen MR) is 70.9 cm³/mol. The fraction of sp³-hybridized carbons (Fsp3) is 0.500. The predicted octanol–water partition coefficient (Wildman–Crippen LogP) is 3.28. The van der Waals surface area contributed by atoms with Gasteiger partial charge in [0, 0.05) is 36.6 Å². The number of hydrogen-bond acceptors (Lipinski definition) is 5. The van der Waals surface area contributed by atoms with Gasteiger partial charge in [-0.1, -0.05) is 22.7 Å². The monoisotopic (exact) mass is 257 g/mol. The van der Waals surface area contributed by atoms with E-state index in [1.165, 1.54) is 11.3 Å². The van der Waals surface area contributed by atoms with E-state index in [0.717, 1.165) is 37.3 Å². The highest BCUT2D eigenvalue weighted by molar-refractivity contribution is 7.94. The Morgan fingerprint density at radius 2 is 2.00 bits per heavy atom. The molecule has 0 heterocycles. The van der Waals surface area contributed by atoms with Crippen molar-refractivity contribution in [1.82, 2.24) is 0 Å². The van der Waals surface area contributed by atoms with E-state index < -0.39 is 0 Å². The Bertz CT molecular complexity index is 305. The number of aryl methyl sites for hydroxylation is 1. The normalized spacial score (nSPS) is 10.5. The molecule has 0 saturated heterocycles. The van der Waals surface area contributed by atoms with Gasteiger partial charge in [-0.3, -0.25) is 0 Å². The summed E-state index contributed by atoms with van der Waals surface area (Å²) in [6, 6.07) is 8.52. The van der Waals surface area contributed by atoms with Crippen molar-refractivity contribution < 1.29 is 14.6 Å². The van der Waals surface area contributed by atoms with Crippen molar-refractivity contribution in [3.63, 3.8) is 0 Å². The van der Waals surface area contributed by atoms with E-state index in [-0.39, 0.29) is 0 Å². The summed E-state index contributed by atoms with van der Waals surface area (Å²) in [5, 5.41) is 11.5. The second kappa shape index (κ2) is 8.36. The molecule has 1 N–H and O–H groups in total. The molecule has 0 aliphatic carbocycles. The summed E-state index contributed by atoms with van der Waals surface area (Å²) < 4.78 is 4.32. The number of hydrogen-bond donors (Lipinski definition) is 1. The second-order valence-electron chi connectivity index (χ2n) is 3.73. The zero-order chi connectivity index (χ0) is 12.5. The van der Waals surface area contributed by atoms with Crippen molar-refractivity contribution in [3.05, 3.63) is 29.8 Å². The summed E-state index contributed by atoms with van der Waals surface area (Å²) in [4.78, 5) is 2.31. The van der Waals surface area contributed by atoms with E-state index >= 15 is 0 Å². The Kier molecular flexibility index (Phi) is 7.04. The van der Waals surface area contributed by atoms with Crippen molar-refractivity contribution in [2.24, 2.45) is 0 Å². The van der Waals surface area contributed by atoms with Crippen LogP contribution in [0.15, 0.2) is 24.3 Å².